The summed E-state index contributed by atoms with van der Waals surface area (Å²) in [5.41, 5.74) is 8.44. The Morgan fingerprint density at radius 2 is 2.16 bits per heavy atom. The third-order valence-electron chi connectivity index (χ3n) is 7.60. The Labute approximate surface area is 218 Å². The van der Waals surface area contributed by atoms with Gasteiger partial charge in [0.15, 0.2) is 11.6 Å². The Kier molecular flexibility index (Phi) is 8.23. The van der Waals surface area contributed by atoms with Crippen molar-refractivity contribution in [2.75, 3.05) is 32.9 Å². The molecule has 3 aliphatic heterocycles. The molecule has 0 amide bonds. The number of likely N-dealkylation sites (tertiary alicyclic amines) is 1. The number of nitrogens with one attached hydrogen (secondary N) is 1. The molecule has 9 heteroatoms. The van der Waals surface area contributed by atoms with Gasteiger partial charge < -0.3 is 9.84 Å². The van der Waals surface area contributed by atoms with Crippen LogP contribution in [0.4, 0.5) is 0 Å². The molecule has 0 saturated carbocycles. The summed E-state index contributed by atoms with van der Waals surface area (Å²) >= 11 is 0. The van der Waals surface area contributed by atoms with E-state index in [2.05, 4.69) is 45.1 Å². The van der Waals surface area contributed by atoms with Crippen LogP contribution in [-0.4, -0.2) is 74.4 Å². The summed E-state index contributed by atoms with van der Waals surface area (Å²) in [6.07, 6.45) is 15.6. The van der Waals surface area contributed by atoms with E-state index < -0.39 is 0 Å². The number of hydrogen-bond acceptors (Lipinski definition) is 8. The normalized spacial score (nSPS) is 22.1. The summed E-state index contributed by atoms with van der Waals surface area (Å²) in [5, 5.41) is 18.1. The second kappa shape index (κ2) is 11.9. The number of allylic oxidation sites excluding steroid dienone is 5. The van der Waals surface area contributed by atoms with Crippen molar-refractivity contribution in [2.45, 2.75) is 51.5 Å². The van der Waals surface area contributed by atoms with Crippen molar-refractivity contribution in [2.24, 2.45) is 11.0 Å². The van der Waals surface area contributed by atoms with Crippen molar-refractivity contribution in [3.05, 3.63) is 71.6 Å². The van der Waals surface area contributed by atoms with E-state index in [0.29, 0.717) is 36.4 Å². The zero-order valence-electron chi connectivity index (χ0n) is 21.6. The molecule has 196 valence electrons. The van der Waals surface area contributed by atoms with E-state index in [1.54, 1.807) is 17.1 Å². The lowest BCUT2D eigenvalue weighted by atomic mass is 9.86. The minimum Gasteiger partial charge on any atom is -0.396 e. The van der Waals surface area contributed by atoms with Gasteiger partial charge in [-0.25, -0.2) is 14.6 Å². The molecule has 0 spiro atoms. The average molecular weight is 504 g/mol. The van der Waals surface area contributed by atoms with Gasteiger partial charge in [0.05, 0.1) is 12.8 Å². The predicted octanol–water partition coefficient (Wildman–Crippen LogP) is 3.17. The van der Waals surface area contributed by atoms with E-state index in [4.69, 9.17) is 9.72 Å². The maximum Gasteiger partial charge on any atom is 0.178 e. The first kappa shape index (κ1) is 25.5. The Hall–Kier alpha value is -3.14. The van der Waals surface area contributed by atoms with Gasteiger partial charge in [0.2, 0.25) is 0 Å². The third kappa shape index (κ3) is 6.06. The number of aromatic nitrogens is 4. The molecule has 2 saturated heterocycles. The molecule has 9 nitrogen and oxygen atoms in total. The van der Waals surface area contributed by atoms with Gasteiger partial charge >= 0.3 is 0 Å². The molecule has 0 bridgehead atoms. The molecule has 0 radical (unpaired) electrons. The van der Waals surface area contributed by atoms with Gasteiger partial charge in [-0.1, -0.05) is 18.7 Å². The minimum atomic E-state index is 0.0897. The lowest BCUT2D eigenvalue weighted by Gasteiger charge is -2.39. The number of aliphatic hydroxyl groups excluding tert-OH is 1. The van der Waals surface area contributed by atoms with Crippen molar-refractivity contribution in [1.82, 2.24) is 30.1 Å². The number of ether oxygens (including phenoxy) is 1. The van der Waals surface area contributed by atoms with E-state index in [0.717, 1.165) is 56.1 Å². The van der Waals surface area contributed by atoms with Crippen LogP contribution in [0.2, 0.25) is 0 Å². The van der Waals surface area contributed by atoms with E-state index in [-0.39, 0.29) is 6.61 Å². The average Bonchev–Trinajstić information content (AvgIpc) is 3.42. The summed E-state index contributed by atoms with van der Waals surface area (Å²) in [6.45, 7) is 10.3. The number of piperidine rings is 1. The van der Waals surface area contributed by atoms with Gasteiger partial charge in [0.25, 0.3) is 0 Å². The van der Waals surface area contributed by atoms with Crippen LogP contribution in [-0.2, 0) is 11.2 Å². The minimum absolute atomic E-state index is 0.0897. The van der Waals surface area contributed by atoms with E-state index in [1.165, 1.54) is 24.0 Å². The predicted molar refractivity (Wildman–Crippen MR) is 143 cm³/mol. The van der Waals surface area contributed by atoms with Gasteiger partial charge in [-0.05, 0) is 74.7 Å². The highest BCUT2D eigenvalue weighted by Crippen LogP contribution is 2.30. The number of hydrogen-bond donors (Lipinski definition) is 2. The van der Waals surface area contributed by atoms with Gasteiger partial charge in [-0.3, -0.25) is 10.3 Å². The van der Waals surface area contributed by atoms with Crippen LogP contribution in [0.3, 0.4) is 0 Å². The maximum absolute atomic E-state index is 9.18. The Morgan fingerprint density at radius 1 is 1.30 bits per heavy atom. The topological polar surface area (TPSA) is 101 Å². The molecule has 2 aromatic rings. The van der Waals surface area contributed by atoms with Crippen molar-refractivity contribution in [3.8, 4) is 5.82 Å². The van der Waals surface area contributed by atoms with Crippen molar-refractivity contribution < 1.29 is 9.84 Å². The molecule has 3 aliphatic rings. The first-order chi connectivity index (χ1) is 18.1. The molecule has 2 aromatic heterocycles. The highest BCUT2D eigenvalue weighted by atomic mass is 16.5. The largest absolute Gasteiger partial charge is 0.396 e. The molecule has 5 rings (SSSR count). The summed E-state index contributed by atoms with van der Waals surface area (Å²) in [6, 6.07) is 2.40. The highest BCUT2D eigenvalue weighted by Gasteiger charge is 2.28. The fourth-order valence-electron chi connectivity index (χ4n) is 5.38. The standard InChI is InChI=1S/C28H37N7O2/c1-3-22(23-7-11-34(12-8-23)25-5-4-14-37-19-25)15-24-16-26(33-32-20(24)2)28-29-10-6-27(31-28)35-18-21(9-13-36)17-30-35/h3,6,10,15,17-18,23,25,32,36H,1,4-5,7-9,11-14,16,19H2,2H3/b22-15+. The highest BCUT2D eigenvalue weighted by molar-refractivity contribution is 5.99. The van der Waals surface area contributed by atoms with Gasteiger partial charge in [0.1, 0.15) is 5.71 Å². The first-order valence-electron chi connectivity index (χ1n) is 13.3. The van der Waals surface area contributed by atoms with Crippen LogP contribution in [0.1, 0.15) is 50.4 Å². The molecule has 2 fully saturated rings. The molecular formula is C28H37N7O2. The molecule has 2 N–H and O–H groups in total. The molecule has 1 unspecified atom stereocenters. The summed E-state index contributed by atoms with van der Waals surface area (Å²) in [4.78, 5) is 11.8. The van der Waals surface area contributed by atoms with Gasteiger partial charge in [-0.15, -0.1) is 0 Å². The van der Waals surface area contributed by atoms with Crippen LogP contribution in [0.25, 0.3) is 5.82 Å². The second-order valence-corrected chi connectivity index (χ2v) is 10.0. The Morgan fingerprint density at radius 3 is 2.92 bits per heavy atom. The summed E-state index contributed by atoms with van der Waals surface area (Å²) in [5.74, 6) is 1.75. The molecule has 5 heterocycles. The number of aliphatic hydroxyl groups is 1. The van der Waals surface area contributed by atoms with E-state index in [1.807, 2.05) is 18.3 Å². The molecule has 0 aliphatic carbocycles. The smallest absolute Gasteiger partial charge is 0.178 e. The monoisotopic (exact) mass is 503 g/mol. The van der Waals surface area contributed by atoms with Crippen molar-refractivity contribution >= 4 is 5.71 Å². The first-order valence-corrected chi connectivity index (χ1v) is 13.3. The van der Waals surface area contributed by atoms with Crippen LogP contribution in [0.5, 0.6) is 0 Å². The van der Waals surface area contributed by atoms with E-state index in [9.17, 15) is 5.11 Å². The molecular weight excluding hydrogens is 466 g/mol. The van der Waals surface area contributed by atoms with Crippen LogP contribution >= 0.6 is 0 Å². The SMILES string of the molecule is C=C/C(=C\C1=C(C)NN=C(c2nccc(-n3cc(CCO)cn3)n2)C1)C1CCN(C2CCCOC2)CC1. The van der Waals surface area contributed by atoms with Crippen molar-refractivity contribution in [3.63, 3.8) is 0 Å². The van der Waals surface area contributed by atoms with Crippen molar-refractivity contribution in [1.29, 1.82) is 0 Å². The fraction of sp³-hybridized carbons (Fsp3) is 0.500. The zero-order valence-corrected chi connectivity index (χ0v) is 21.6. The lowest BCUT2D eigenvalue weighted by molar-refractivity contribution is 0.00705. The Bertz CT molecular complexity index is 1180. The summed E-state index contributed by atoms with van der Waals surface area (Å²) in [7, 11) is 0. The van der Waals surface area contributed by atoms with Crippen LogP contribution in [0, 0.1) is 5.92 Å². The molecule has 1 atom stereocenters. The third-order valence-corrected chi connectivity index (χ3v) is 7.60. The number of rotatable bonds is 8. The van der Waals surface area contributed by atoms with Gasteiger partial charge in [0, 0.05) is 49.8 Å². The van der Waals surface area contributed by atoms with Gasteiger partial charge in [-0.2, -0.15) is 10.2 Å². The summed E-state index contributed by atoms with van der Waals surface area (Å²) < 4.78 is 7.42. The fourth-order valence-corrected chi connectivity index (χ4v) is 5.38. The quantitative estimate of drug-likeness (QED) is 0.534. The zero-order chi connectivity index (χ0) is 25.6. The van der Waals surface area contributed by atoms with Crippen LogP contribution < -0.4 is 5.43 Å². The second-order valence-electron chi connectivity index (χ2n) is 10.0. The Balaban J connectivity index is 1.26. The number of hydrazone groups is 1. The van der Waals surface area contributed by atoms with E-state index >= 15 is 0 Å². The molecule has 37 heavy (non-hydrogen) atoms. The lowest BCUT2D eigenvalue weighted by Crippen LogP contribution is -2.45. The number of nitrogens with zero attached hydrogens (tertiary/aromatic N) is 6. The maximum atomic E-state index is 9.18. The van der Waals surface area contributed by atoms with Crippen LogP contribution in [0.15, 0.2) is 65.3 Å². The molecule has 0 aromatic carbocycles.